The van der Waals surface area contributed by atoms with E-state index >= 15 is 9.59 Å². The Bertz CT molecular complexity index is 2630. The molecule has 3 aromatic carbocycles. The van der Waals surface area contributed by atoms with E-state index in [0.717, 1.165) is 11.1 Å². The van der Waals surface area contributed by atoms with E-state index in [0.29, 0.717) is 33.9 Å². The van der Waals surface area contributed by atoms with E-state index in [4.69, 9.17) is 41.4 Å². The molecule has 2 heterocycles. The van der Waals surface area contributed by atoms with Crippen LogP contribution in [0.5, 0.6) is 17.2 Å². The monoisotopic (exact) mass is 1020 g/mol. The van der Waals surface area contributed by atoms with E-state index in [1.165, 1.54) is 32.0 Å². The van der Waals surface area contributed by atoms with Crippen LogP contribution in [-0.2, 0) is 31.0 Å². The van der Waals surface area contributed by atoms with Crippen LogP contribution in [0.2, 0.25) is 0 Å². The molecule has 6 atom stereocenters. The van der Waals surface area contributed by atoms with Crippen molar-refractivity contribution in [2.45, 2.75) is 110 Å². The Morgan fingerprint density at radius 1 is 0.904 bits per heavy atom. The summed E-state index contributed by atoms with van der Waals surface area (Å²) in [6.45, 7) is 10.6. The number of ketones is 3. The van der Waals surface area contributed by atoms with Crippen LogP contribution in [0.1, 0.15) is 104 Å². The molecule has 4 aromatic rings. The van der Waals surface area contributed by atoms with Gasteiger partial charge >= 0.3 is 0 Å². The van der Waals surface area contributed by atoms with Crippen molar-refractivity contribution >= 4 is 42.7 Å². The second kappa shape index (κ2) is 26.6. The van der Waals surface area contributed by atoms with Crippen molar-refractivity contribution in [1.82, 2.24) is 20.2 Å². The summed E-state index contributed by atoms with van der Waals surface area (Å²) in [6.07, 6.45) is -3.04. The number of hydrogen-bond acceptors (Lipinski definition) is 16. The Hall–Kier alpha value is -6.27. The van der Waals surface area contributed by atoms with E-state index < -0.39 is 71.7 Å². The van der Waals surface area contributed by atoms with Crippen LogP contribution >= 0.6 is 13.5 Å². The topological polar surface area (TPSA) is 296 Å². The first kappa shape index (κ1) is 59.3. The standard InChI is InChI=1S/C54H70N8O10.H2S/c1-30-20-45(67)49(62(7)53(69)35(17-19-56)24-44(66)48-31(2)59-51(60-32(48)3)34-12-14-37(15-13-34)54(4,5)6)36-23-41(50(70-8)47(25-36)72-29-39(64)27-58)40-21-33(11-16-46(40)71-28-38(63)26-57)22-42(61-52(30)68)43(65)10-9-18-55;/h11-16,21,23,25,30,35,38-39,42,49,63-64H,9-10,17,19-20,22,24,26-29,56-58H2,1-8H3,(H,61,68);1H2/t30-,35-,38-,39-,42+,49+;/m1./s1. The number of nitrogens with two attached hydrogens (primary N) is 3. The number of Topliss-reactive ketones (excluding diaryl/α,β-unsaturated/α-hetero) is 3. The molecule has 0 radical (unpaired) electrons. The highest BCUT2D eigenvalue weighted by atomic mass is 32.1. The Kier molecular flexibility index (Phi) is 21.6. The lowest BCUT2D eigenvalue weighted by Crippen LogP contribution is -2.46. The number of fused-ring (bicyclic) bond motifs is 5. The number of nitrogens with zero attached hydrogens (tertiary/aromatic N) is 4. The molecule has 0 unspecified atom stereocenters. The zero-order valence-electron chi connectivity index (χ0n) is 43.1. The van der Waals surface area contributed by atoms with Crippen LogP contribution in [0.3, 0.4) is 0 Å². The number of aliphatic hydroxyl groups excluding tert-OH is 2. The van der Waals surface area contributed by atoms with Gasteiger partial charge in [-0.05, 0) is 79.6 Å². The predicted molar refractivity (Wildman–Crippen MR) is 281 cm³/mol. The van der Waals surface area contributed by atoms with E-state index in [2.05, 4.69) is 26.1 Å². The van der Waals surface area contributed by atoms with Gasteiger partial charge < -0.3 is 51.8 Å². The number of amides is 2. The maximum absolute atomic E-state index is 15.0. The van der Waals surface area contributed by atoms with Gasteiger partial charge in [0.1, 0.15) is 37.2 Å². The van der Waals surface area contributed by atoms with Crippen LogP contribution in [0.15, 0.2) is 54.6 Å². The molecule has 9 N–H and O–H groups in total. The number of likely N-dealkylation sites (N-methyl/N-ethyl adjacent to an activating group) is 1. The van der Waals surface area contributed by atoms with Crippen molar-refractivity contribution in [3.63, 3.8) is 0 Å². The van der Waals surface area contributed by atoms with Crippen molar-refractivity contribution in [2.75, 3.05) is 47.0 Å². The van der Waals surface area contributed by atoms with Gasteiger partial charge in [0.2, 0.25) is 11.8 Å². The number of ether oxygens (including phenoxy) is 3. The first-order valence-corrected chi connectivity index (χ1v) is 24.2. The van der Waals surface area contributed by atoms with Crippen molar-refractivity contribution in [1.29, 1.82) is 5.26 Å². The second-order valence-corrected chi connectivity index (χ2v) is 19.5. The summed E-state index contributed by atoms with van der Waals surface area (Å²) in [5.41, 5.74) is 22.0. The normalized spacial score (nSPS) is 17.1. The minimum Gasteiger partial charge on any atom is -0.492 e. The number of nitriles is 1. The highest BCUT2D eigenvalue weighted by molar-refractivity contribution is 7.59. The third-order valence-corrected chi connectivity index (χ3v) is 12.8. The zero-order valence-corrected chi connectivity index (χ0v) is 44.1. The highest BCUT2D eigenvalue weighted by Gasteiger charge is 2.37. The molecule has 394 valence electrons. The first-order valence-electron chi connectivity index (χ1n) is 24.2. The Morgan fingerprint density at radius 3 is 2.08 bits per heavy atom. The highest BCUT2D eigenvalue weighted by Crippen LogP contribution is 2.46. The van der Waals surface area contributed by atoms with Crippen molar-refractivity contribution in [2.24, 2.45) is 29.0 Å². The van der Waals surface area contributed by atoms with Crippen molar-refractivity contribution < 1.29 is 48.4 Å². The number of carbonyl (C=O) groups is 5. The molecule has 5 rings (SSSR count). The van der Waals surface area contributed by atoms with Crippen LogP contribution in [-0.4, -0.2) is 120 Å². The summed E-state index contributed by atoms with van der Waals surface area (Å²) in [6, 6.07) is 15.5. The number of aromatic nitrogens is 2. The Morgan fingerprint density at radius 2 is 1.52 bits per heavy atom. The molecule has 1 aliphatic rings. The van der Waals surface area contributed by atoms with Crippen LogP contribution in [0.4, 0.5) is 0 Å². The number of rotatable bonds is 20. The van der Waals surface area contributed by atoms with E-state index in [-0.39, 0.29) is 112 Å². The fraction of sp³-hybridized carbons (Fsp3) is 0.481. The lowest BCUT2D eigenvalue weighted by atomic mass is 9.86. The maximum Gasteiger partial charge on any atom is 0.226 e. The van der Waals surface area contributed by atoms with E-state index in [1.807, 2.05) is 30.3 Å². The van der Waals surface area contributed by atoms with E-state index in [1.54, 1.807) is 38.1 Å². The van der Waals surface area contributed by atoms with Gasteiger partial charge in [-0.25, -0.2) is 9.97 Å². The quantitative estimate of drug-likeness (QED) is 0.0665. The third-order valence-electron chi connectivity index (χ3n) is 12.8. The van der Waals surface area contributed by atoms with Crippen LogP contribution in [0.25, 0.3) is 22.5 Å². The number of aryl methyl sites for hydroxylation is 2. The van der Waals surface area contributed by atoms with Gasteiger partial charge in [0.15, 0.2) is 34.7 Å². The third kappa shape index (κ3) is 14.9. The smallest absolute Gasteiger partial charge is 0.226 e. The number of carbonyl (C=O) groups excluding carboxylic acids is 5. The molecule has 0 spiro atoms. The summed E-state index contributed by atoms with van der Waals surface area (Å²) in [4.78, 5) is 82.7. The first-order chi connectivity index (χ1) is 34.1. The minimum absolute atomic E-state index is 0. The summed E-state index contributed by atoms with van der Waals surface area (Å²) in [5, 5.41) is 33.1. The van der Waals surface area contributed by atoms with Gasteiger partial charge in [-0.15, -0.1) is 0 Å². The molecule has 1 aromatic heterocycles. The zero-order chi connectivity index (χ0) is 53.0. The Labute approximate surface area is 434 Å². The molecule has 19 heteroatoms. The van der Waals surface area contributed by atoms with Gasteiger partial charge in [-0.2, -0.15) is 18.8 Å². The number of aliphatic hydroxyl groups is 2. The summed E-state index contributed by atoms with van der Waals surface area (Å²) in [7, 11) is 2.83. The Balaban J connectivity index is 0.0000116. The van der Waals surface area contributed by atoms with Crippen molar-refractivity contribution in [3.8, 4) is 45.8 Å². The summed E-state index contributed by atoms with van der Waals surface area (Å²) < 4.78 is 18.3. The van der Waals surface area contributed by atoms with Gasteiger partial charge in [-0.3, -0.25) is 24.0 Å². The molecule has 73 heavy (non-hydrogen) atoms. The summed E-state index contributed by atoms with van der Waals surface area (Å²) in [5.74, 6) is -3.78. The average molecular weight is 1030 g/mol. The number of nitrogens with one attached hydrogen (secondary N) is 1. The van der Waals surface area contributed by atoms with Crippen LogP contribution in [0, 0.1) is 37.0 Å². The van der Waals surface area contributed by atoms with Crippen molar-refractivity contribution in [3.05, 3.63) is 88.2 Å². The minimum atomic E-state index is -1.44. The number of methoxy groups -OCH3 is 1. The fourth-order valence-corrected chi connectivity index (χ4v) is 8.75. The lowest BCUT2D eigenvalue weighted by molar-refractivity contribution is -0.142. The molecule has 0 saturated heterocycles. The molecule has 0 aliphatic carbocycles. The number of benzene rings is 3. The predicted octanol–water partition coefficient (Wildman–Crippen LogP) is 4.49. The largest absolute Gasteiger partial charge is 0.492 e. The second-order valence-electron chi connectivity index (χ2n) is 19.5. The van der Waals surface area contributed by atoms with Crippen LogP contribution < -0.4 is 36.7 Å². The number of hydrogen-bond donors (Lipinski definition) is 6. The van der Waals surface area contributed by atoms with Gasteiger partial charge in [0.25, 0.3) is 0 Å². The maximum atomic E-state index is 15.0. The molecule has 0 saturated carbocycles. The molecule has 4 bridgehead atoms. The molecular formula is C54H72N8O10S. The van der Waals surface area contributed by atoms with E-state index in [9.17, 15) is 29.9 Å². The fourth-order valence-electron chi connectivity index (χ4n) is 8.75. The lowest BCUT2D eigenvalue weighted by Gasteiger charge is -2.32. The average Bonchev–Trinajstić information content (AvgIpc) is 3.34. The SMILES string of the molecule is COc1c(OC[C@H](O)CN)cc2cc1-c1cc(ccc1OC[C@H](O)CN)C[C@@H](C(=O)CCC#N)NC(=O)[C@H](C)CC(=O)[C@H]2N(C)C(=O)[C@H](CCN)CC(=O)c1c(C)nc(-c2ccc(C(C)(C)C)cc2)nc1C.S. The molecule has 2 amide bonds. The molecule has 1 aliphatic heterocycles. The molecular weight excluding hydrogens is 953 g/mol. The summed E-state index contributed by atoms with van der Waals surface area (Å²) >= 11 is 0. The molecule has 18 nitrogen and oxygen atoms in total. The van der Waals surface area contributed by atoms with Gasteiger partial charge in [-0.1, -0.05) is 58.0 Å². The van der Waals surface area contributed by atoms with Gasteiger partial charge in [0, 0.05) is 74.3 Å². The molecule has 0 fully saturated rings. The van der Waals surface area contributed by atoms with Gasteiger partial charge in [0.05, 0.1) is 36.2 Å².